The molecule has 2 rings (SSSR count). The van der Waals surface area contributed by atoms with Crippen molar-refractivity contribution >= 4 is 11.9 Å². The van der Waals surface area contributed by atoms with Gasteiger partial charge in [0.1, 0.15) is 0 Å². The number of hydrogen-bond donors (Lipinski definition) is 1. The molecule has 0 spiro atoms. The molecule has 0 unspecified atom stereocenters. The third-order valence-electron chi connectivity index (χ3n) is 4.02. The first-order valence-corrected chi connectivity index (χ1v) is 7.26. The number of rotatable bonds is 5. The van der Waals surface area contributed by atoms with Gasteiger partial charge in [0.2, 0.25) is 5.91 Å². The number of carboxylic acids is 1. The number of allylic oxidation sites excluding steroid dienone is 2. The Morgan fingerprint density at radius 2 is 1.76 bits per heavy atom. The zero-order valence-electron chi connectivity index (χ0n) is 12.2. The van der Waals surface area contributed by atoms with Gasteiger partial charge in [0.05, 0.1) is 11.8 Å². The largest absolute Gasteiger partial charge is 0.481 e. The van der Waals surface area contributed by atoms with Gasteiger partial charge >= 0.3 is 5.97 Å². The summed E-state index contributed by atoms with van der Waals surface area (Å²) in [4.78, 5) is 25.4. The van der Waals surface area contributed by atoms with E-state index in [9.17, 15) is 14.7 Å². The lowest BCUT2D eigenvalue weighted by molar-refractivity contribution is -0.150. The third kappa shape index (κ3) is 3.94. The van der Waals surface area contributed by atoms with Gasteiger partial charge in [-0.1, -0.05) is 42.5 Å². The fourth-order valence-electron chi connectivity index (χ4n) is 2.69. The molecular weight excluding hydrogens is 266 g/mol. The Labute approximate surface area is 125 Å². The molecule has 21 heavy (non-hydrogen) atoms. The van der Waals surface area contributed by atoms with Crippen LogP contribution in [0.2, 0.25) is 0 Å². The van der Waals surface area contributed by atoms with Crippen molar-refractivity contribution in [1.29, 1.82) is 0 Å². The van der Waals surface area contributed by atoms with Crippen LogP contribution in [-0.2, 0) is 16.0 Å². The van der Waals surface area contributed by atoms with Gasteiger partial charge in [0.25, 0.3) is 0 Å². The molecule has 1 aromatic carbocycles. The van der Waals surface area contributed by atoms with Gasteiger partial charge in [-0.05, 0) is 24.8 Å². The number of carbonyl (C=O) groups is 2. The number of carbonyl (C=O) groups excluding carboxylic acids is 1. The summed E-state index contributed by atoms with van der Waals surface area (Å²) in [7, 11) is 1.75. The number of carboxylic acid groups (broad SMARTS) is 1. The summed E-state index contributed by atoms with van der Waals surface area (Å²) in [5.41, 5.74) is 1.18. The van der Waals surface area contributed by atoms with Crippen molar-refractivity contribution in [1.82, 2.24) is 4.90 Å². The summed E-state index contributed by atoms with van der Waals surface area (Å²) in [6.45, 7) is 0.607. The Hall–Kier alpha value is -2.10. The van der Waals surface area contributed by atoms with Gasteiger partial charge in [-0.2, -0.15) is 0 Å². The van der Waals surface area contributed by atoms with Crippen molar-refractivity contribution in [3.05, 3.63) is 48.0 Å². The molecule has 1 amide bonds. The van der Waals surface area contributed by atoms with Crippen LogP contribution in [-0.4, -0.2) is 35.5 Å². The van der Waals surface area contributed by atoms with Crippen LogP contribution < -0.4 is 0 Å². The minimum Gasteiger partial charge on any atom is -0.481 e. The second kappa shape index (κ2) is 7.07. The summed E-state index contributed by atoms with van der Waals surface area (Å²) in [5, 5.41) is 9.24. The molecule has 0 bridgehead atoms. The Morgan fingerprint density at radius 3 is 2.38 bits per heavy atom. The normalized spacial score (nSPS) is 21.0. The van der Waals surface area contributed by atoms with Crippen LogP contribution in [0.25, 0.3) is 0 Å². The van der Waals surface area contributed by atoms with Crippen LogP contribution in [0.15, 0.2) is 42.5 Å². The molecule has 1 aliphatic rings. The monoisotopic (exact) mass is 287 g/mol. The highest BCUT2D eigenvalue weighted by Crippen LogP contribution is 2.27. The van der Waals surface area contributed by atoms with E-state index in [0.717, 1.165) is 6.42 Å². The predicted octanol–water partition coefficient (Wildman–Crippen LogP) is 2.35. The second-order valence-electron chi connectivity index (χ2n) is 5.49. The Morgan fingerprint density at radius 1 is 1.14 bits per heavy atom. The maximum Gasteiger partial charge on any atom is 0.307 e. The molecule has 1 aromatic rings. The van der Waals surface area contributed by atoms with Crippen LogP contribution in [0.3, 0.4) is 0 Å². The average Bonchev–Trinajstić information content (AvgIpc) is 2.52. The van der Waals surface area contributed by atoms with E-state index in [-0.39, 0.29) is 5.91 Å². The third-order valence-corrected chi connectivity index (χ3v) is 4.02. The smallest absolute Gasteiger partial charge is 0.307 e. The van der Waals surface area contributed by atoms with E-state index in [1.807, 2.05) is 42.5 Å². The van der Waals surface area contributed by atoms with E-state index in [1.165, 1.54) is 5.56 Å². The summed E-state index contributed by atoms with van der Waals surface area (Å²) in [6, 6.07) is 9.97. The Kier molecular flexibility index (Phi) is 5.14. The first-order chi connectivity index (χ1) is 10.1. The van der Waals surface area contributed by atoms with Gasteiger partial charge in [0, 0.05) is 13.6 Å². The van der Waals surface area contributed by atoms with Gasteiger partial charge in [-0.25, -0.2) is 0 Å². The molecular formula is C17H21NO3. The molecule has 4 nitrogen and oxygen atoms in total. The lowest BCUT2D eigenvalue weighted by Gasteiger charge is -2.28. The van der Waals surface area contributed by atoms with Crippen LogP contribution in [0, 0.1) is 11.8 Å². The van der Waals surface area contributed by atoms with Crippen molar-refractivity contribution in [2.24, 2.45) is 11.8 Å². The maximum absolute atomic E-state index is 12.5. The number of amides is 1. The van der Waals surface area contributed by atoms with E-state index in [2.05, 4.69) is 0 Å². The number of aliphatic carboxylic acids is 1. The lowest BCUT2D eigenvalue weighted by atomic mass is 9.82. The highest BCUT2D eigenvalue weighted by molar-refractivity contribution is 5.85. The molecule has 0 aliphatic heterocycles. The minimum atomic E-state index is -0.880. The second-order valence-corrected chi connectivity index (χ2v) is 5.49. The molecule has 0 radical (unpaired) electrons. The Bertz CT molecular complexity index is 524. The van der Waals surface area contributed by atoms with Crippen molar-refractivity contribution in [2.75, 3.05) is 13.6 Å². The minimum absolute atomic E-state index is 0.0670. The molecule has 0 heterocycles. The number of hydrogen-bond acceptors (Lipinski definition) is 2. The number of nitrogens with zero attached hydrogens (tertiary/aromatic N) is 1. The summed E-state index contributed by atoms with van der Waals surface area (Å²) < 4.78 is 0. The Balaban J connectivity index is 1.95. The zero-order chi connectivity index (χ0) is 15.2. The van der Waals surface area contributed by atoms with E-state index in [4.69, 9.17) is 0 Å². The summed E-state index contributed by atoms with van der Waals surface area (Å²) in [5.74, 6) is -1.98. The van der Waals surface area contributed by atoms with Gasteiger partial charge in [0.15, 0.2) is 0 Å². The number of benzene rings is 1. The predicted molar refractivity (Wildman–Crippen MR) is 80.8 cm³/mol. The first kappa shape index (κ1) is 15.3. The van der Waals surface area contributed by atoms with Gasteiger partial charge < -0.3 is 10.0 Å². The van der Waals surface area contributed by atoms with Crippen LogP contribution in [0.4, 0.5) is 0 Å². The van der Waals surface area contributed by atoms with Crippen molar-refractivity contribution in [3.63, 3.8) is 0 Å². The fourth-order valence-corrected chi connectivity index (χ4v) is 2.69. The SMILES string of the molecule is CN(CCc1ccccc1)C(=O)[C@@H]1CC=CC[C@@H]1C(=O)O. The molecule has 2 atom stereocenters. The van der Waals surface area contributed by atoms with E-state index in [0.29, 0.717) is 19.4 Å². The van der Waals surface area contributed by atoms with E-state index >= 15 is 0 Å². The molecule has 0 aromatic heterocycles. The average molecular weight is 287 g/mol. The van der Waals surface area contributed by atoms with E-state index in [1.54, 1.807) is 11.9 Å². The molecule has 1 N–H and O–H groups in total. The molecule has 0 saturated heterocycles. The first-order valence-electron chi connectivity index (χ1n) is 7.26. The van der Waals surface area contributed by atoms with Crippen LogP contribution >= 0.6 is 0 Å². The molecule has 112 valence electrons. The lowest BCUT2D eigenvalue weighted by Crippen LogP contribution is -2.40. The van der Waals surface area contributed by atoms with Crippen LogP contribution in [0.5, 0.6) is 0 Å². The highest BCUT2D eigenvalue weighted by atomic mass is 16.4. The molecule has 0 saturated carbocycles. The van der Waals surface area contributed by atoms with E-state index < -0.39 is 17.8 Å². The highest BCUT2D eigenvalue weighted by Gasteiger charge is 2.35. The number of likely N-dealkylation sites (N-methyl/N-ethyl adjacent to an activating group) is 1. The molecule has 1 aliphatic carbocycles. The van der Waals surface area contributed by atoms with Crippen molar-refractivity contribution < 1.29 is 14.7 Å². The zero-order valence-corrected chi connectivity index (χ0v) is 12.2. The molecule has 0 fully saturated rings. The van der Waals surface area contributed by atoms with Gasteiger partial charge in [-0.15, -0.1) is 0 Å². The standard InChI is InChI=1S/C17H21NO3/c1-18(12-11-13-7-3-2-4-8-13)16(19)14-9-5-6-10-15(14)17(20)21/h2-8,14-15H,9-12H2,1H3,(H,20,21)/t14-,15+/m1/s1. The summed E-state index contributed by atoms with van der Waals surface area (Å²) in [6.07, 6.45) is 5.51. The fraction of sp³-hybridized carbons (Fsp3) is 0.412. The van der Waals surface area contributed by atoms with Crippen LogP contribution in [0.1, 0.15) is 18.4 Å². The topological polar surface area (TPSA) is 57.6 Å². The van der Waals surface area contributed by atoms with Gasteiger partial charge in [-0.3, -0.25) is 9.59 Å². The maximum atomic E-state index is 12.5. The van der Waals surface area contributed by atoms with Crippen molar-refractivity contribution in [3.8, 4) is 0 Å². The van der Waals surface area contributed by atoms with Crippen molar-refractivity contribution in [2.45, 2.75) is 19.3 Å². The quantitative estimate of drug-likeness (QED) is 0.846. The molecule has 4 heteroatoms. The summed E-state index contributed by atoms with van der Waals surface area (Å²) >= 11 is 0.